The molecule has 100 valence electrons. The topological polar surface area (TPSA) is 9.23 Å². The average Bonchev–Trinajstić information content (AvgIpc) is 2.41. The molecular formula is C16H26OSi. The number of hydrogen-bond donors (Lipinski definition) is 0. The van der Waals surface area contributed by atoms with Gasteiger partial charge in [0.2, 0.25) is 0 Å². The molecule has 0 aromatic heterocycles. The molecule has 1 saturated heterocycles. The monoisotopic (exact) mass is 262 g/mol. The second-order valence-corrected chi connectivity index (χ2v) is 8.82. The largest absolute Gasteiger partial charge is 0.382 e. The lowest BCUT2D eigenvalue weighted by atomic mass is 9.82. The fourth-order valence-electron chi connectivity index (χ4n) is 2.83. The molecule has 1 fully saturated rings. The molecule has 2 atom stereocenters. The second-order valence-electron chi connectivity index (χ2n) is 6.21. The van der Waals surface area contributed by atoms with Crippen LogP contribution in [0.15, 0.2) is 30.3 Å². The molecule has 18 heavy (non-hydrogen) atoms. The van der Waals surface area contributed by atoms with Gasteiger partial charge < -0.3 is 4.74 Å². The smallest absolute Gasteiger partial charge is 0.0592 e. The summed E-state index contributed by atoms with van der Waals surface area (Å²) < 4.78 is 5.94. The van der Waals surface area contributed by atoms with E-state index in [9.17, 15) is 0 Å². The Hall–Kier alpha value is -0.603. The van der Waals surface area contributed by atoms with Gasteiger partial charge in [-0.05, 0) is 35.8 Å². The molecule has 2 rings (SSSR count). The molecule has 2 heteroatoms. The van der Waals surface area contributed by atoms with E-state index in [0.717, 1.165) is 12.1 Å². The van der Waals surface area contributed by atoms with Crippen molar-refractivity contribution in [3.63, 3.8) is 0 Å². The maximum absolute atomic E-state index is 5.94. The van der Waals surface area contributed by atoms with Crippen LogP contribution in [0.4, 0.5) is 0 Å². The maximum Gasteiger partial charge on any atom is 0.0592 e. The van der Waals surface area contributed by atoms with E-state index in [4.69, 9.17) is 4.74 Å². The summed E-state index contributed by atoms with van der Waals surface area (Å²) in [5.74, 6) is 0. The summed E-state index contributed by atoms with van der Waals surface area (Å²) in [5, 5.41) is 0. The molecule has 1 aliphatic rings. The summed E-state index contributed by atoms with van der Waals surface area (Å²) in [6, 6.07) is 11.0. The van der Waals surface area contributed by atoms with Crippen LogP contribution in [-0.2, 0) is 10.2 Å². The average molecular weight is 262 g/mol. The molecule has 1 aromatic rings. The third-order valence-electron chi connectivity index (χ3n) is 4.64. The molecule has 1 aliphatic heterocycles. The molecule has 1 heterocycles. The van der Waals surface area contributed by atoms with Crippen LogP contribution < -0.4 is 0 Å². The second kappa shape index (κ2) is 6.03. The minimum atomic E-state index is -0.180. The Morgan fingerprint density at radius 2 is 1.94 bits per heavy atom. The summed E-state index contributed by atoms with van der Waals surface area (Å²) in [6.07, 6.45) is 3.94. The van der Waals surface area contributed by atoms with Crippen LogP contribution in [0.2, 0.25) is 5.54 Å². The van der Waals surface area contributed by atoms with Gasteiger partial charge in [-0.3, -0.25) is 0 Å². The fourth-order valence-corrected chi connectivity index (χ4v) is 5.28. The molecule has 1 nitrogen and oxygen atoms in total. The number of ether oxygens (including phenoxy) is 1. The number of rotatable bonds is 4. The van der Waals surface area contributed by atoms with Crippen molar-refractivity contribution in [3.05, 3.63) is 35.9 Å². The van der Waals surface area contributed by atoms with E-state index in [-0.39, 0.29) is 14.9 Å². The lowest BCUT2D eigenvalue weighted by Crippen LogP contribution is -2.35. The first-order valence-electron chi connectivity index (χ1n) is 7.28. The van der Waals surface area contributed by atoms with E-state index in [0.29, 0.717) is 5.73 Å². The summed E-state index contributed by atoms with van der Waals surface area (Å²) >= 11 is 0. The lowest BCUT2D eigenvalue weighted by molar-refractivity contribution is 0.0637. The van der Waals surface area contributed by atoms with E-state index in [1.165, 1.54) is 24.8 Å². The van der Waals surface area contributed by atoms with Gasteiger partial charge in [-0.1, -0.05) is 51.1 Å². The van der Waals surface area contributed by atoms with Crippen LogP contribution in [0.5, 0.6) is 0 Å². The zero-order chi connectivity index (χ0) is 13.0. The van der Waals surface area contributed by atoms with Crippen LogP contribution in [0.3, 0.4) is 0 Å². The Kier molecular flexibility index (Phi) is 4.63. The van der Waals surface area contributed by atoms with E-state index < -0.39 is 0 Å². The first-order valence-corrected chi connectivity index (χ1v) is 8.91. The zero-order valence-corrected chi connectivity index (χ0v) is 13.4. The minimum absolute atomic E-state index is 0.180. The normalized spacial score (nSPS) is 23.4. The third kappa shape index (κ3) is 3.24. The van der Waals surface area contributed by atoms with Gasteiger partial charge in [0.15, 0.2) is 0 Å². The summed E-state index contributed by atoms with van der Waals surface area (Å²) in [6.45, 7) is 8.21. The van der Waals surface area contributed by atoms with Crippen molar-refractivity contribution in [2.45, 2.75) is 56.7 Å². The van der Waals surface area contributed by atoms with Gasteiger partial charge in [0.25, 0.3) is 0 Å². The summed E-state index contributed by atoms with van der Waals surface area (Å²) in [7, 11) is -0.180. The molecule has 0 spiro atoms. The summed E-state index contributed by atoms with van der Waals surface area (Å²) in [5.41, 5.74) is 3.16. The number of hydrogen-bond acceptors (Lipinski definition) is 1. The van der Waals surface area contributed by atoms with Gasteiger partial charge >= 0.3 is 0 Å². The molecule has 0 bridgehead atoms. The van der Waals surface area contributed by atoms with Crippen molar-refractivity contribution in [2.24, 2.45) is 0 Å². The predicted octanol–water partition coefficient (Wildman–Crippen LogP) is 3.47. The van der Waals surface area contributed by atoms with Crippen molar-refractivity contribution < 1.29 is 4.74 Å². The Labute approximate surface area is 114 Å². The van der Waals surface area contributed by atoms with Crippen molar-refractivity contribution in [3.8, 4) is 0 Å². The van der Waals surface area contributed by atoms with Gasteiger partial charge in [0, 0.05) is 12.3 Å². The molecular weight excluding hydrogens is 236 g/mol. The fraction of sp³-hybridized carbons (Fsp3) is 0.625. The zero-order valence-electron chi connectivity index (χ0n) is 12.0. The predicted molar refractivity (Wildman–Crippen MR) is 81.0 cm³/mol. The van der Waals surface area contributed by atoms with E-state index in [1.807, 2.05) is 0 Å². The van der Waals surface area contributed by atoms with Crippen molar-refractivity contribution in [1.82, 2.24) is 0 Å². The molecule has 2 unspecified atom stereocenters. The highest BCUT2D eigenvalue weighted by molar-refractivity contribution is 6.39. The Balaban J connectivity index is 2.00. The van der Waals surface area contributed by atoms with E-state index in [1.54, 1.807) is 0 Å². The highest BCUT2D eigenvalue weighted by Crippen LogP contribution is 2.36. The first kappa shape index (κ1) is 13.8. The molecule has 0 aliphatic carbocycles. The SMILES string of the molecule is CC([SiH2]C1CCCCO1)C(C)(C)c1ccccc1. The highest BCUT2D eigenvalue weighted by Gasteiger charge is 2.30. The van der Waals surface area contributed by atoms with Crippen LogP contribution in [0, 0.1) is 0 Å². The third-order valence-corrected chi connectivity index (χ3v) is 7.54. The Morgan fingerprint density at radius 1 is 1.22 bits per heavy atom. The van der Waals surface area contributed by atoms with Gasteiger partial charge in [0.05, 0.1) is 9.52 Å². The maximum atomic E-state index is 5.94. The summed E-state index contributed by atoms with van der Waals surface area (Å²) in [4.78, 5) is 0. The Morgan fingerprint density at radius 3 is 2.56 bits per heavy atom. The van der Waals surface area contributed by atoms with Crippen molar-refractivity contribution in [1.29, 1.82) is 0 Å². The Bertz CT molecular complexity index is 355. The highest BCUT2D eigenvalue weighted by atomic mass is 28.2. The van der Waals surface area contributed by atoms with E-state index >= 15 is 0 Å². The van der Waals surface area contributed by atoms with E-state index in [2.05, 4.69) is 51.1 Å². The number of benzene rings is 1. The molecule has 0 N–H and O–H groups in total. The van der Waals surface area contributed by atoms with Crippen LogP contribution in [-0.4, -0.2) is 21.9 Å². The van der Waals surface area contributed by atoms with Gasteiger partial charge in [-0.25, -0.2) is 0 Å². The van der Waals surface area contributed by atoms with Crippen LogP contribution >= 0.6 is 0 Å². The van der Waals surface area contributed by atoms with Gasteiger partial charge in [0.1, 0.15) is 0 Å². The van der Waals surface area contributed by atoms with Gasteiger partial charge in [-0.2, -0.15) is 0 Å². The quantitative estimate of drug-likeness (QED) is 0.755. The molecule has 0 saturated carbocycles. The molecule has 0 amide bonds. The molecule has 0 radical (unpaired) electrons. The van der Waals surface area contributed by atoms with Gasteiger partial charge in [-0.15, -0.1) is 0 Å². The van der Waals surface area contributed by atoms with Crippen LogP contribution in [0.1, 0.15) is 45.6 Å². The van der Waals surface area contributed by atoms with Crippen molar-refractivity contribution in [2.75, 3.05) is 6.61 Å². The molecule has 1 aromatic carbocycles. The lowest BCUT2D eigenvalue weighted by Gasteiger charge is -2.35. The minimum Gasteiger partial charge on any atom is -0.382 e. The first-order chi connectivity index (χ1) is 8.60. The van der Waals surface area contributed by atoms with Crippen LogP contribution in [0.25, 0.3) is 0 Å². The van der Waals surface area contributed by atoms with Crippen molar-refractivity contribution >= 4 is 9.52 Å². The standard InChI is InChI=1S/C16H26OSi/c1-13(18-15-11-7-8-12-17-15)16(2,3)14-9-5-4-6-10-14/h4-6,9-10,13,15H,7-8,11-12,18H2,1-3H3.